The van der Waals surface area contributed by atoms with Crippen LogP contribution in [0.1, 0.15) is 0 Å². The maximum Gasteiger partial charge on any atom is 0.151 e. The molecular formula is C16H17IN4. The molecule has 4 nitrogen and oxygen atoms in total. The van der Waals surface area contributed by atoms with Gasteiger partial charge in [-0.3, -0.25) is 0 Å². The van der Waals surface area contributed by atoms with E-state index in [0.29, 0.717) is 6.04 Å². The number of hydrogen-bond donors (Lipinski definition) is 0. The van der Waals surface area contributed by atoms with Gasteiger partial charge in [0.25, 0.3) is 0 Å². The molecule has 0 amide bonds. The molecule has 3 heterocycles. The van der Waals surface area contributed by atoms with E-state index in [-0.39, 0.29) is 0 Å². The molecule has 0 radical (unpaired) electrons. The average molecular weight is 392 g/mol. The van der Waals surface area contributed by atoms with Crippen LogP contribution in [0, 0.1) is 9.49 Å². The lowest BCUT2D eigenvalue weighted by atomic mass is 9.93. The van der Waals surface area contributed by atoms with E-state index in [1.54, 1.807) is 0 Å². The molecule has 2 aliphatic heterocycles. The molecule has 21 heavy (non-hydrogen) atoms. The Morgan fingerprint density at radius 3 is 2.43 bits per heavy atom. The number of halogens is 1. The molecule has 0 saturated carbocycles. The van der Waals surface area contributed by atoms with E-state index < -0.39 is 0 Å². The third kappa shape index (κ3) is 2.42. The van der Waals surface area contributed by atoms with Crippen molar-refractivity contribution in [3.63, 3.8) is 0 Å². The highest BCUT2D eigenvalue weighted by molar-refractivity contribution is 14.1. The Labute approximate surface area is 138 Å². The third-order valence-corrected chi connectivity index (χ3v) is 5.33. The van der Waals surface area contributed by atoms with E-state index in [1.165, 1.54) is 10.1 Å². The first-order valence-corrected chi connectivity index (χ1v) is 8.33. The average Bonchev–Trinajstić information content (AvgIpc) is 2.86. The molecule has 1 aromatic carbocycles. The largest absolute Gasteiger partial charge is 0.353 e. The zero-order valence-electron chi connectivity index (χ0n) is 11.9. The highest BCUT2D eigenvalue weighted by atomic mass is 127. The standard InChI is InChI=1S/C16H17IN4/c1-20-8-12-9-21(10-15(12)20)16-7-6-14(18-19-16)11-2-4-13(17)5-3-11/h2-7,12,15H,8-10H2,1H3. The quantitative estimate of drug-likeness (QED) is 0.736. The molecule has 2 aromatic rings. The summed E-state index contributed by atoms with van der Waals surface area (Å²) in [5, 5.41) is 8.84. The lowest BCUT2D eigenvalue weighted by molar-refractivity contribution is 0.0827. The van der Waals surface area contributed by atoms with E-state index in [4.69, 9.17) is 0 Å². The summed E-state index contributed by atoms with van der Waals surface area (Å²) >= 11 is 2.31. The van der Waals surface area contributed by atoms with E-state index in [2.05, 4.69) is 86.0 Å². The molecule has 5 heteroatoms. The molecule has 1 aromatic heterocycles. The zero-order valence-corrected chi connectivity index (χ0v) is 14.1. The van der Waals surface area contributed by atoms with Crippen LogP contribution in [0.2, 0.25) is 0 Å². The fourth-order valence-corrected chi connectivity index (χ4v) is 3.72. The topological polar surface area (TPSA) is 32.3 Å². The van der Waals surface area contributed by atoms with Crippen molar-refractivity contribution in [1.29, 1.82) is 0 Å². The molecule has 2 fully saturated rings. The molecule has 2 unspecified atom stereocenters. The summed E-state index contributed by atoms with van der Waals surface area (Å²) in [6.07, 6.45) is 0. The summed E-state index contributed by atoms with van der Waals surface area (Å²) in [4.78, 5) is 4.79. The van der Waals surface area contributed by atoms with Crippen molar-refractivity contribution < 1.29 is 0 Å². The van der Waals surface area contributed by atoms with E-state index in [1.807, 2.05) is 0 Å². The lowest BCUT2D eigenvalue weighted by Gasteiger charge is -2.40. The number of benzene rings is 1. The van der Waals surface area contributed by atoms with Gasteiger partial charge >= 0.3 is 0 Å². The Bertz CT molecular complexity index is 640. The Morgan fingerprint density at radius 1 is 1.00 bits per heavy atom. The van der Waals surface area contributed by atoms with Crippen LogP contribution in [0.4, 0.5) is 5.82 Å². The number of aromatic nitrogens is 2. The minimum absolute atomic E-state index is 0.711. The van der Waals surface area contributed by atoms with Crippen LogP contribution in [0.25, 0.3) is 11.3 Å². The molecule has 0 bridgehead atoms. The van der Waals surface area contributed by atoms with Gasteiger partial charge in [-0.2, -0.15) is 0 Å². The molecule has 0 aliphatic carbocycles. The third-order valence-electron chi connectivity index (χ3n) is 4.61. The van der Waals surface area contributed by atoms with Gasteiger partial charge in [0.1, 0.15) is 0 Å². The molecule has 108 valence electrons. The Morgan fingerprint density at radius 2 is 1.81 bits per heavy atom. The lowest BCUT2D eigenvalue weighted by Crippen LogP contribution is -2.52. The van der Waals surface area contributed by atoms with E-state index >= 15 is 0 Å². The second-order valence-electron chi connectivity index (χ2n) is 5.96. The first-order valence-electron chi connectivity index (χ1n) is 7.25. The van der Waals surface area contributed by atoms with Crippen molar-refractivity contribution in [2.45, 2.75) is 6.04 Å². The number of likely N-dealkylation sites (tertiary alicyclic amines) is 1. The van der Waals surface area contributed by atoms with Gasteiger partial charge in [-0.15, -0.1) is 10.2 Å². The van der Waals surface area contributed by atoms with E-state index in [0.717, 1.165) is 36.1 Å². The number of rotatable bonds is 2. The Balaban J connectivity index is 1.53. The number of likely N-dealkylation sites (N-methyl/N-ethyl adjacent to an activating group) is 1. The molecule has 0 N–H and O–H groups in total. The molecule has 2 atom stereocenters. The second-order valence-corrected chi connectivity index (χ2v) is 7.20. The first-order chi connectivity index (χ1) is 10.2. The summed E-state index contributed by atoms with van der Waals surface area (Å²) in [6.45, 7) is 3.42. The van der Waals surface area contributed by atoms with Crippen LogP contribution in [0.3, 0.4) is 0 Å². The summed E-state index contributed by atoms with van der Waals surface area (Å²) < 4.78 is 1.23. The summed E-state index contributed by atoms with van der Waals surface area (Å²) in [5.41, 5.74) is 2.06. The maximum atomic E-state index is 4.44. The fraction of sp³-hybridized carbons (Fsp3) is 0.375. The first kappa shape index (κ1) is 13.5. The smallest absolute Gasteiger partial charge is 0.151 e. The number of anilines is 1. The highest BCUT2D eigenvalue weighted by Gasteiger charge is 2.43. The fourth-order valence-electron chi connectivity index (χ4n) is 3.36. The Hall–Kier alpha value is -1.21. The van der Waals surface area contributed by atoms with Crippen LogP contribution in [-0.2, 0) is 0 Å². The zero-order chi connectivity index (χ0) is 14.4. The molecular weight excluding hydrogens is 375 g/mol. The molecule has 0 spiro atoms. The normalized spacial score (nSPS) is 24.8. The second kappa shape index (κ2) is 5.21. The van der Waals surface area contributed by atoms with Gasteiger partial charge in [0.05, 0.1) is 5.69 Å². The number of hydrogen-bond acceptors (Lipinski definition) is 4. The van der Waals surface area contributed by atoms with Gasteiger partial charge in [-0.05, 0) is 53.9 Å². The van der Waals surface area contributed by atoms with Crippen LogP contribution in [0.5, 0.6) is 0 Å². The van der Waals surface area contributed by atoms with E-state index in [9.17, 15) is 0 Å². The summed E-state index contributed by atoms with van der Waals surface area (Å²) in [6, 6.07) is 13.3. The predicted octanol–water partition coefficient (Wildman–Crippen LogP) is 2.50. The van der Waals surface area contributed by atoms with Crippen LogP contribution < -0.4 is 4.90 Å². The molecule has 2 saturated heterocycles. The molecule has 2 aliphatic rings. The van der Waals surface area contributed by atoms with Gasteiger partial charge in [0, 0.05) is 40.7 Å². The van der Waals surface area contributed by atoms with Crippen LogP contribution >= 0.6 is 22.6 Å². The van der Waals surface area contributed by atoms with Gasteiger partial charge in [0.15, 0.2) is 5.82 Å². The van der Waals surface area contributed by atoms with Crippen molar-refractivity contribution in [2.24, 2.45) is 5.92 Å². The van der Waals surface area contributed by atoms with Gasteiger partial charge in [0.2, 0.25) is 0 Å². The van der Waals surface area contributed by atoms with Gasteiger partial charge in [-0.25, -0.2) is 0 Å². The number of fused-ring (bicyclic) bond motifs is 1. The summed E-state index contributed by atoms with van der Waals surface area (Å²) in [7, 11) is 2.20. The van der Waals surface area contributed by atoms with Crippen molar-refractivity contribution in [1.82, 2.24) is 15.1 Å². The van der Waals surface area contributed by atoms with Gasteiger partial charge in [-0.1, -0.05) is 12.1 Å². The SMILES string of the molecule is CN1CC2CN(c3ccc(-c4ccc(I)cc4)nn3)CC21. The maximum absolute atomic E-state index is 4.44. The van der Waals surface area contributed by atoms with Gasteiger partial charge < -0.3 is 9.80 Å². The molecule has 4 rings (SSSR count). The Kier molecular flexibility index (Phi) is 3.34. The minimum Gasteiger partial charge on any atom is -0.353 e. The van der Waals surface area contributed by atoms with Crippen molar-refractivity contribution in [3.8, 4) is 11.3 Å². The van der Waals surface area contributed by atoms with Crippen molar-refractivity contribution >= 4 is 28.4 Å². The highest BCUT2D eigenvalue weighted by Crippen LogP contribution is 2.33. The monoisotopic (exact) mass is 392 g/mol. The number of nitrogens with zero attached hydrogens (tertiary/aromatic N) is 4. The predicted molar refractivity (Wildman–Crippen MR) is 92.3 cm³/mol. The van der Waals surface area contributed by atoms with Crippen LogP contribution in [-0.4, -0.2) is 47.8 Å². The summed E-state index contributed by atoms with van der Waals surface area (Å²) in [5.74, 6) is 1.82. The minimum atomic E-state index is 0.711. The van der Waals surface area contributed by atoms with Crippen molar-refractivity contribution in [3.05, 3.63) is 40.0 Å². The van der Waals surface area contributed by atoms with Crippen molar-refractivity contribution in [2.75, 3.05) is 31.6 Å². The van der Waals surface area contributed by atoms with Crippen LogP contribution in [0.15, 0.2) is 36.4 Å².